The van der Waals surface area contributed by atoms with Gasteiger partial charge in [0.1, 0.15) is 12.4 Å². The van der Waals surface area contributed by atoms with Crippen molar-refractivity contribution < 1.29 is 14.2 Å². The Bertz CT molecular complexity index is 372. The fourth-order valence-corrected chi connectivity index (χ4v) is 1.28. The van der Waals surface area contributed by atoms with E-state index in [1.165, 1.54) is 6.33 Å². The highest BCUT2D eigenvalue weighted by Crippen LogP contribution is 2.27. The van der Waals surface area contributed by atoms with Gasteiger partial charge in [-0.05, 0) is 27.7 Å². The first-order valence-corrected chi connectivity index (χ1v) is 6.06. The monoisotopic (exact) mass is 255 g/mol. The Balaban J connectivity index is 2.71. The number of hydrogen-bond acceptors (Lipinski definition) is 6. The molecule has 1 unspecified atom stereocenters. The molecule has 1 aromatic rings. The second-order valence-electron chi connectivity index (χ2n) is 4.15. The van der Waals surface area contributed by atoms with Gasteiger partial charge in [0.2, 0.25) is 11.8 Å². The Labute approximate surface area is 107 Å². The van der Waals surface area contributed by atoms with Crippen molar-refractivity contribution in [3.05, 3.63) is 6.33 Å². The first-order valence-electron chi connectivity index (χ1n) is 6.06. The maximum absolute atomic E-state index is 5.89. The van der Waals surface area contributed by atoms with E-state index in [2.05, 4.69) is 9.97 Å². The van der Waals surface area contributed by atoms with Crippen molar-refractivity contribution in [3.8, 4) is 11.8 Å². The highest BCUT2D eigenvalue weighted by atomic mass is 16.5. The molecule has 0 aliphatic rings. The molecule has 0 fully saturated rings. The van der Waals surface area contributed by atoms with Crippen LogP contribution < -0.4 is 15.2 Å². The van der Waals surface area contributed by atoms with Crippen LogP contribution >= 0.6 is 0 Å². The van der Waals surface area contributed by atoms with Crippen LogP contribution in [0.3, 0.4) is 0 Å². The lowest BCUT2D eigenvalue weighted by Gasteiger charge is -2.16. The molecule has 0 spiro atoms. The van der Waals surface area contributed by atoms with E-state index >= 15 is 0 Å². The van der Waals surface area contributed by atoms with Gasteiger partial charge in [0.05, 0.1) is 12.7 Å². The highest BCUT2D eigenvalue weighted by molar-refractivity contribution is 5.55. The van der Waals surface area contributed by atoms with Gasteiger partial charge in [0.25, 0.3) is 0 Å². The van der Waals surface area contributed by atoms with Crippen LogP contribution in [-0.2, 0) is 4.74 Å². The van der Waals surface area contributed by atoms with E-state index in [9.17, 15) is 0 Å². The topological polar surface area (TPSA) is 79.5 Å². The SMILES string of the molecule is CCOCC(C)Oc1ncnc(OC(C)C)c1N. The smallest absolute Gasteiger partial charge is 0.244 e. The molecule has 0 radical (unpaired) electrons. The number of aromatic nitrogens is 2. The van der Waals surface area contributed by atoms with Crippen LogP contribution in [-0.4, -0.2) is 35.4 Å². The summed E-state index contributed by atoms with van der Waals surface area (Å²) in [5.74, 6) is 0.673. The van der Waals surface area contributed by atoms with Gasteiger partial charge in [-0.15, -0.1) is 0 Å². The molecule has 0 aromatic carbocycles. The van der Waals surface area contributed by atoms with E-state index in [0.29, 0.717) is 30.7 Å². The van der Waals surface area contributed by atoms with Crippen LogP contribution in [0.5, 0.6) is 11.8 Å². The average molecular weight is 255 g/mol. The van der Waals surface area contributed by atoms with E-state index in [1.807, 2.05) is 27.7 Å². The molecule has 1 rings (SSSR count). The van der Waals surface area contributed by atoms with Crippen LogP contribution in [0.15, 0.2) is 6.33 Å². The highest BCUT2D eigenvalue weighted by Gasteiger charge is 2.14. The maximum atomic E-state index is 5.89. The van der Waals surface area contributed by atoms with Crippen molar-refractivity contribution in [3.63, 3.8) is 0 Å². The van der Waals surface area contributed by atoms with Gasteiger partial charge in [-0.3, -0.25) is 0 Å². The van der Waals surface area contributed by atoms with E-state index in [0.717, 1.165) is 0 Å². The summed E-state index contributed by atoms with van der Waals surface area (Å²) in [6.07, 6.45) is 1.24. The van der Waals surface area contributed by atoms with Crippen molar-refractivity contribution in [2.45, 2.75) is 39.9 Å². The zero-order chi connectivity index (χ0) is 13.5. The number of anilines is 1. The quantitative estimate of drug-likeness (QED) is 0.798. The average Bonchev–Trinajstić information content (AvgIpc) is 2.31. The Morgan fingerprint density at radius 2 is 1.78 bits per heavy atom. The third-order valence-corrected chi connectivity index (χ3v) is 2.03. The fourth-order valence-electron chi connectivity index (χ4n) is 1.28. The zero-order valence-corrected chi connectivity index (χ0v) is 11.3. The Morgan fingerprint density at radius 3 is 2.33 bits per heavy atom. The molecule has 1 aromatic heterocycles. The molecular formula is C12H21N3O3. The van der Waals surface area contributed by atoms with Gasteiger partial charge >= 0.3 is 0 Å². The van der Waals surface area contributed by atoms with Gasteiger partial charge in [0.15, 0.2) is 5.69 Å². The van der Waals surface area contributed by atoms with Crippen LogP contribution in [0.2, 0.25) is 0 Å². The molecule has 1 heterocycles. The molecule has 6 heteroatoms. The molecule has 0 saturated heterocycles. The lowest BCUT2D eigenvalue weighted by atomic mass is 10.4. The number of nitrogens with two attached hydrogens (primary N) is 1. The van der Waals surface area contributed by atoms with E-state index < -0.39 is 0 Å². The standard InChI is InChI=1S/C12H21N3O3/c1-5-16-6-9(4)18-12-10(13)11(14-7-15-12)17-8(2)3/h7-9H,5-6,13H2,1-4H3. The number of nitrogen functional groups attached to an aromatic ring is 1. The van der Waals surface area contributed by atoms with Crippen LogP contribution in [0.1, 0.15) is 27.7 Å². The van der Waals surface area contributed by atoms with Crippen molar-refractivity contribution in [1.82, 2.24) is 9.97 Å². The lowest BCUT2D eigenvalue weighted by Crippen LogP contribution is -2.20. The van der Waals surface area contributed by atoms with Gasteiger partial charge in [0, 0.05) is 6.61 Å². The third-order valence-electron chi connectivity index (χ3n) is 2.03. The van der Waals surface area contributed by atoms with E-state index in [4.69, 9.17) is 19.9 Å². The van der Waals surface area contributed by atoms with Crippen molar-refractivity contribution in [2.24, 2.45) is 0 Å². The van der Waals surface area contributed by atoms with Gasteiger partial charge in [-0.2, -0.15) is 9.97 Å². The summed E-state index contributed by atoms with van der Waals surface area (Å²) in [5.41, 5.74) is 6.21. The Morgan fingerprint density at radius 1 is 1.17 bits per heavy atom. The van der Waals surface area contributed by atoms with Gasteiger partial charge < -0.3 is 19.9 Å². The minimum atomic E-state index is -0.131. The first kappa shape index (κ1) is 14.5. The Kier molecular flexibility index (Phi) is 5.64. The minimum absolute atomic E-state index is 0.00380. The number of ether oxygens (including phenoxy) is 3. The summed E-state index contributed by atoms with van der Waals surface area (Å²) in [5, 5.41) is 0. The van der Waals surface area contributed by atoms with Crippen LogP contribution in [0.25, 0.3) is 0 Å². The number of nitrogens with zero attached hydrogens (tertiary/aromatic N) is 2. The summed E-state index contributed by atoms with van der Waals surface area (Å²) in [4.78, 5) is 7.98. The van der Waals surface area contributed by atoms with Crippen LogP contribution in [0.4, 0.5) is 5.69 Å². The van der Waals surface area contributed by atoms with Crippen molar-refractivity contribution in [1.29, 1.82) is 0 Å². The molecule has 0 aliphatic carbocycles. The summed E-state index contributed by atoms with van der Waals surface area (Å²) in [6.45, 7) is 8.76. The summed E-state index contributed by atoms with van der Waals surface area (Å²) in [7, 11) is 0. The minimum Gasteiger partial charge on any atom is -0.473 e. The number of rotatable bonds is 7. The molecule has 6 nitrogen and oxygen atoms in total. The zero-order valence-electron chi connectivity index (χ0n) is 11.3. The molecule has 0 bridgehead atoms. The maximum Gasteiger partial charge on any atom is 0.244 e. The largest absolute Gasteiger partial charge is 0.473 e. The van der Waals surface area contributed by atoms with Crippen molar-refractivity contribution in [2.75, 3.05) is 18.9 Å². The van der Waals surface area contributed by atoms with E-state index in [-0.39, 0.29) is 12.2 Å². The van der Waals surface area contributed by atoms with Gasteiger partial charge in [-0.25, -0.2) is 0 Å². The third kappa shape index (κ3) is 4.37. The molecule has 2 N–H and O–H groups in total. The predicted octanol–water partition coefficient (Wildman–Crippen LogP) is 1.65. The Hall–Kier alpha value is -1.56. The summed E-state index contributed by atoms with van der Waals surface area (Å²) < 4.78 is 16.3. The molecule has 0 aliphatic heterocycles. The lowest BCUT2D eigenvalue weighted by molar-refractivity contribution is 0.0634. The number of hydrogen-bond donors (Lipinski definition) is 1. The second kappa shape index (κ2) is 7.00. The predicted molar refractivity (Wildman–Crippen MR) is 68.8 cm³/mol. The second-order valence-corrected chi connectivity index (χ2v) is 4.15. The normalized spacial score (nSPS) is 12.5. The van der Waals surface area contributed by atoms with E-state index in [1.54, 1.807) is 0 Å². The fraction of sp³-hybridized carbons (Fsp3) is 0.667. The molecule has 0 amide bonds. The molecule has 18 heavy (non-hydrogen) atoms. The molecular weight excluding hydrogens is 234 g/mol. The van der Waals surface area contributed by atoms with Crippen LogP contribution in [0, 0.1) is 0 Å². The first-order chi connectivity index (χ1) is 8.54. The summed E-state index contributed by atoms with van der Waals surface area (Å²) in [6, 6.07) is 0. The van der Waals surface area contributed by atoms with Gasteiger partial charge in [-0.1, -0.05) is 0 Å². The summed E-state index contributed by atoms with van der Waals surface area (Å²) >= 11 is 0. The molecule has 0 saturated carbocycles. The molecule has 102 valence electrons. The molecule has 1 atom stereocenters. The van der Waals surface area contributed by atoms with Crippen molar-refractivity contribution >= 4 is 5.69 Å².